The van der Waals surface area contributed by atoms with Gasteiger partial charge in [0.05, 0.1) is 18.4 Å². The Morgan fingerprint density at radius 1 is 1.30 bits per heavy atom. The van der Waals surface area contributed by atoms with E-state index in [2.05, 4.69) is 16.4 Å². The number of cyclic esters (lactones) is 1. The molecule has 2 aromatic carbocycles. The molecule has 4 rings (SSSR count). The van der Waals surface area contributed by atoms with Crippen molar-refractivity contribution in [3.8, 4) is 40.0 Å². The van der Waals surface area contributed by atoms with Gasteiger partial charge in [-0.3, -0.25) is 9.59 Å². The van der Waals surface area contributed by atoms with Crippen LogP contribution in [0.15, 0.2) is 48.5 Å². The van der Waals surface area contributed by atoms with E-state index >= 15 is 0 Å². The molecule has 0 saturated carbocycles. The van der Waals surface area contributed by atoms with Gasteiger partial charge in [-0.05, 0) is 35.9 Å². The van der Waals surface area contributed by atoms with Crippen LogP contribution in [0.2, 0.25) is 0 Å². The van der Waals surface area contributed by atoms with E-state index in [1.165, 1.54) is 13.2 Å². The van der Waals surface area contributed by atoms with E-state index in [0.717, 1.165) is 0 Å². The fourth-order valence-electron chi connectivity index (χ4n) is 3.68. The summed E-state index contributed by atoms with van der Waals surface area (Å²) in [4.78, 5) is 28.0. The van der Waals surface area contributed by atoms with E-state index in [0.29, 0.717) is 40.2 Å². The van der Waals surface area contributed by atoms with Crippen LogP contribution in [-0.2, 0) is 14.3 Å². The van der Waals surface area contributed by atoms with Gasteiger partial charge in [0, 0.05) is 24.1 Å². The number of rotatable bonds is 5. The zero-order chi connectivity index (χ0) is 23.5. The van der Waals surface area contributed by atoms with Crippen molar-refractivity contribution in [1.82, 2.24) is 4.98 Å². The number of benzene rings is 2. The van der Waals surface area contributed by atoms with Crippen molar-refractivity contribution in [2.75, 3.05) is 18.2 Å². The fraction of sp³-hybridized carbons (Fsp3) is 0.167. The van der Waals surface area contributed by atoms with Gasteiger partial charge in [0.25, 0.3) is 5.91 Å². The van der Waals surface area contributed by atoms with E-state index in [1.54, 1.807) is 42.5 Å². The predicted octanol–water partition coefficient (Wildman–Crippen LogP) is 3.23. The molecule has 1 aliphatic rings. The molecule has 0 bridgehead atoms. The molecule has 3 aromatic rings. The first-order valence-electron chi connectivity index (χ1n) is 10.1. The number of ether oxygens (including phenoxy) is 2. The average Bonchev–Trinajstić information content (AvgIpc) is 3.25. The highest BCUT2D eigenvalue weighted by molar-refractivity contribution is 5.97. The summed E-state index contributed by atoms with van der Waals surface area (Å²) in [6.45, 7) is 0. The van der Waals surface area contributed by atoms with Gasteiger partial charge in [-0.15, -0.1) is 0 Å². The third kappa shape index (κ3) is 4.27. The molecular formula is C24H20N4O5. The number of nitrogens with two attached hydrogens (primary N) is 1. The molecule has 0 spiro atoms. The zero-order valence-electron chi connectivity index (χ0n) is 17.7. The van der Waals surface area contributed by atoms with E-state index in [-0.39, 0.29) is 23.6 Å². The SMILES string of the molecule is COc1cccc(O)c1-c1cc(-c2cccc(NC(=O)C3CCC(=O)O3)c2)c(C#N)c(N)n1. The lowest BCUT2D eigenvalue weighted by Gasteiger charge is -2.15. The van der Waals surface area contributed by atoms with Crippen LogP contribution in [0.4, 0.5) is 11.5 Å². The van der Waals surface area contributed by atoms with Gasteiger partial charge < -0.3 is 25.6 Å². The average molecular weight is 444 g/mol. The lowest BCUT2D eigenvalue weighted by atomic mass is 9.97. The number of phenolic OH excluding ortho intramolecular Hbond substituents is 1. The molecule has 1 aliphatic heterocycles. The van der Waals surface area contributed by atoms with Crippen LogP contribution >= 0.6 is 0 Å². The van der Waals surface area contributed by atoms with Gasteiger partial charge >= 0.3 is 5.97 Å². The number of carbonyl (C=O) groups excluding carboxylic acids is 2. The first kappa shape index (κ1) is 21.6. The minimum absolute atomic E-state index is 0.0115. The third-order valence-corrected chi connectivity index (χ3v) is 5.26. The first-order valence-corrected chi connectivity index (χ1v) is 10.1. The van der Waals surface area contributed by atoms with Crippen LogP contribution in [0.5, 0.6) is 11.5 Å². The Hall–Kier alpha value is -4.58. The van der Waals surface area contributed by atoms with Crippen LogP contribution in [0.1, 0.15) is 18.4 Å². The number of aromatic hydroxyl groups is 1. The Balaban J connectivity index is 1.75. The number of pyridine rings is 1. The minimum Gasteiger partial charge on any atom is -0.507 e. The number of esters is 1. The molecule has 0 radical (unpaired) electrons. The van der Waals surface area contributed by atoms with E-state index < -0.39 is 18.0 Å². The largest absolute Gasteiger partial charge is 0.507 e. The number of phenols is 1. The van der Waals surface area contributed by atoms with Gasteiger partial charge in [-0.1, -0.05) is 18.2 Å². The molecule has 1 aromatic heterocycles. The summed E-state index contributed by atoms with van der Waals surface area (Å²) in [7, 11) is 1.47. The summed E-state index contributed by atoms with van der Waals surface area (Å²) >= 11 is 0. The topological polar surface area (TPSA) is 148 Å². The van der Waals surface area contributed by atoms with Gasteiger partial charge in [-0.25, -0.2) is 4.98 Å². The molecule has 166 valence electrons. The summed E-state index contributed by atoms with van der Waals surface area (Å²) in [5.74, 6) is -0.495. The number of carbonyl (C=O) groups is 2. The van der Waals surface area contributed by atoms with Gasteiger partial charge in [0.1, 0.15) is 28.9 Å². The predicted molar refractivity (Wildman–Crippen MR) is 120 cm³/mol. The Bertz CT molecular complexity index is 1300. The summed E-state index contributed by atoms with van der Waals surface area (Å²) < 4.78 is 10.4. The Kier molecular flexibility index (Phi) is 5.83. The maximum absolute atomic E-state index is 12.4. The highest BCUT2D eigenvalue weighted by Crippen LogP contribution is 2.40. The molecule has 1 amide bonds. The second kappa shape index (κ2) is 8.88. The molecule has 2 heterocycles. The quantitative estimate of drug-likeness (QED) is 0.508. The molecule has 0 aliphatic carbocycles. The molecule has 1 saturated heterocycles. The maximum atomic E-state index is 12.4. The number of nitrogens with one attached hydrogen (secondary N) is 1. The highest BCUT2D eigenvalue weighted by atomic mass is 16.6. The standard InChI is InChI=1S/C24H20N4O5/c1-32-19-7-3-6-18(29)22(19)17-11-15(16(12-25)23(26)28-17)13-4-2-5-14(10-13)27-24(31)20-8-9-21(30)33-20/h2-7,10-11,20,29H,8-9H2,1H3,(H2,26,28)(H,27,31). The smallest absolute Gasteiger partial charge is 0.306 e. The van der Waals surface area contributed by atoms with Crippen LogP contribution in [0.25, 0.3) is 22.4 Å². The Morgan fingerprint density at radius 3 is 2.79 bits per heavy atom. The van der Waals surface area contributed by atoms with Gasteiger partial charge in [0.15, 0.2) is 6.10 Å². The van der Waals surface area contributed by atoms with Gasteiger partial charge in [0.2, 0.25) is 0 Å². The molecule has 4 N–H and O–H groups in total. The highest BCUT2D eigenvalue weighted by Gasteiger charge is 2.29. The van der Waals surface area contributed by atoms with Crippen LogP contribution in [0.3, 0.4) is 0 Å². The number of methoxy groups -OCH3 is 1. The lowest BCUT2D eigenvalue weighted by molar-refractivity contribution is -0.146. The van der Waals surface area contributed by atoms with E-state index in [4.69, 9.17) is 15.2 Å². The molecular weight excluding hydrogens is 424 g/mol. The van der Waals surface area contributed by atoms with Crippen molar-refractivity contribution in [2.45, 2.75) is 18.9 Å². The second-order valence-corrected chi connectivity index (χ2v) is 7.37. The molecule has 9 nitrogen and oxygen atoms in total. The van der Waals surface area contributed by atoms with E-state index in [9.17, 15) is 20.0 Å². The summed E-state index contributed by atoms with van der Waals surface area (Å²) in [6, 6.07) is 15.3. The number of nitrogens with zero attached hydrogens (tertiary/aromatic N) is 2. The normalized spacial score (nSPS) is 14.9. The monoisotopic (exact) mass is 444 g/mol. The van der Waals surface area contributed by atoms with Crippen molar-refractivity contribution in [3.63, 3.8) is 0 Å². The molecule has 1 fully saturated rings. The number of amides is 1. The number of nitriles is 1. The number of anilines is 2. The van der Waals surface area contributed by atoms with E-state index in [1.807, 2.05) is 0 Å². The van der Waals surface area contributed by atoms with Crippen molar-refractivity contribution < 1.29 is 24.2 Å². The molecule has 9 heteroatoms. The molecule has 1 unspecified atom stereocenters. The number of hydrogen-bond donors (Lipinski definition) is 3. The maximum Gasteiger partial charge on any atom is 0.306 e. The summed E-state index contributed by atoms with van der Waals surface area (Å²) in [6.07, 6.45) is -0.291. The number of aromatic nitrogens is 1. The fourth-order valence-corrected chi connectivity index (χ4v) is 3.68. The van der Waals surface area contributed by atoms with Gasteiger partial charge in [-0.2, -0.15) is 5.26 Å². The molecule has 33 heavy (non-hydrogen) atoms. The van der Waals surface area contributed by atoms with Crippen molar-refractivity contribution in [2.24, 2.45) is 0 Å². The number of nitrogen functional groups attached to an aromatic ring is 1. The van der Waals surface area contributed by atoms with Crippen molar-refractivity contribution in [1.29, 1.82) is 5.26 Å². The third-order valence-electron chi connectivity index (χ3n) is 5.26. The lowest BCUT2D eigenvalue weighted by Crippen LogP contribution is -2.27. The van der Waals surface area contributed by atoms with Crippen molar-refractivity contribution >= 4 is 23.4 Å². The number of hydrogen-bond acceptors (Lipinski definition) is 8. The Morgan fingerprint density at radius 2 is 2.09 bits per heavy atom. The van der Waals surface area contributed by atoms with Crippen LogP contribution in [-0.4, -0.2) is 35.2 Å². The Labute approximate surface area is 189 Å². The summed E-state index contributed by atoms with van der Waals surface area (Å²) in [5, 5.41) is 22.8. The van der Waals surface area contributed by atoms with Crippen LogP contribution in [0, 0.1) is 11.3 Å². The summed E-state index contributed by atoms with van der Waals surface area (Å²) in [5.41, 5.74) is 8.43. The zero-order valence-corrected chi connectivity index (χ0v) is 17.7. The minimum atomic E-state index is -0.826. The first-order chi connectivity index (χ1) is 15.9. The van der Waals surface area contributed by atoms with Crippen molar-refractivity contribution in [3.05, 3.63) is 54.1 Å². The second-order valence-electron chi connectivity index (χ2n) is 7.37. The molecule has 1 atom stereocenters. The van der Waals surface area contributed by atoms with Crippen LogP contribution < -0.4 is 15.8 Å².